The van der Waals surface area contributed by atoms with Crippen molar-refractivity contribution in [2.45, 2.75) is 19.9 Å². The van der Waals surface area contributed by atoms with Gasteiger partial charge in [-0.25, -0.2) is 0 Å². The third-order valence-corrected chi connectivity index (χ3v) is 6.10. The highest BCUT2D eigenvalue weighted by atomic mass is 35.5. The summed E-state index contributed by atoms with van der Waals surface area (Å²) in [5.41, 5.74) is 2.09. The van der Waals surface area contributed by atoms with Crippen LogP contribution in [0.5, 0.6) is 0 Å². The molecule has 3 aromatic rings. The maximum Gasteiger partial charge on any atom is 0.300 e. The lowest BCUT2D eigenvalue weighted by atomic mass is 10.1. The fourth-order valence-electron chi connectivity index (χ4n) is 3.07. The number of amides is 1. The zero-order valence-electron chi connectivity index (χ0n) is 16.5. The molecule has 152 valence electrons. The van der Waals surface area contributed by atoms with Crippen LogP contribution in [-0.2, 0) is 0 Å². The van der Waals surface area contributed by atoms with Crippen LogP contribution in [0.3, 0.4) is 0 Å². The Labute approximate surface area is 183 Å². The van der Waals surface area contributed by atoms with Gasteiger partial charge in [-0.2, -0.15) is 0 Å². The lowest BCUT2D eigenvalue weighted by Crippen LogP contribution is -2.34. The first-order valence-corrected chi connectivity index (χ1v) is 10.8. The number of ketones is 1. The van der Waals surface area contributed by atoms with Crippen LogP contribution in [0.2, 0.25) is 5.02 Å². The minimum Gasteiger partial charge on any atom is -0.451 e. The van der Waals surface area contributed by atoms with Crippen molar-refractivity contribution in [1.29, 1.82) is 0 Å². The average Bonchev–Trinajstić information content (AvgIpc) is 3.39. The summed E-state index contributed by atoms with van der Waals surface area (Å²) in [5.74, 6) is 1.28. The second-order valence-corrected chi connectivity index (χ2v) is 8.41. The first-order valence-electron chi connectivity index (χ1n) is 9.44. The van der Waals surface area contributed by atoms with Gasteiger partial charge in [-0.1, -0.05) is 47.6 Å². The Hall–Kier alpha value is -2.83. The third kappa shape index (κ3) is 4.20. The second-order valence-electron chi connectivity index (χ2n) is 6.99. The van der Waals surface area contributed by atoms with Crippen molar-refractivity contribution >= 4 is 45.9 Å². The number of hydrogen-bond acceptors (Lipinski definition) is 5. The van der Waals surface area contributed by atoms with E-state index >= 15 is 0 Å². The molecule has 4 rings (SSSR count). The van der Waals surface area contributed by atoms with Crippen LogP contribution in [0.25, 0.3) is 11.3 Å². The number of carbonyl (C=O) groups excluding carboxylic acids is 2. The fourth-order valence-corrected chi connectivity index (χ4v) is 4.24. The molecule has 0 bridgehead atoms. The molecule has 0 spiro atoms. The molecule has 1 aliphatic heterocycles. The van der Waals surface area contributed by atoms with Crippen LogP contribution in [-0.4, -0.2) is 28.7 Å². The van der Waals surface area contributed by atoms with Crippen LogP contribution in [0, 0.1) is 0 Å². The first kappa shape index (κ1) is 20.4. The molecule has 0 aliphatic carbocycles. The van der Waals surface area contributed by atoms with Gasteiger partial charge in [0, 0.05) is 21.9 Å². The molecule has 7 heteroatoms. The van der Waals surface area contributed by atoms with Gasteiger partial charge in [0.15, 0.2) is 16.7 Å². The van der Waals surface area contributed by atoms with Gasteiger partial charge in [0.25, 0.3) is 5.91 Å². The number of anilines is 1. The van der Waals surface area contributed by atoms with Gasteiger partial charge in [0.05, 0.1) is 11.7 Å². The van der Waals surface area contributed by atoms with E-state index in [0.29, 0.717) is 27.2 Å². The Bertz CT molecular complexity index is 1120. The molecule has 0 fully saturated rings. The van der Waals surface area contributed by atoms with Crippen molar-refractivity contribution in [2.24, 2.45) is 4.99 Å². The van der Waals surface area contributed by atoms with E-state index in [1.807, 2.05) is 6.92 Å². The summed E-state index contributed by atoms with van der Waals surface area (Å²) in [7, 11) is 0. The third-order valence-electron chi connectivity index (χ3n) is 4.66. The second kappa shape index (κ2) is 8.50. The lowest BCUT2D eigenvalue weighted by Gasteiger charge is -2.21. The Morgan fingerprint density at radius 3 is 2.37 bits per heavy atom. The predicted octanol–water partition coefficient (Wildman–Crippen LogP) is 5.94. The first-order chi connectivity index (χ1) is 14.4. The largest absolute Gasteiger partial charge is 0.451 e. The van der Waals surface area contributed by atoms with Crippen LogP contribution in [0.1, 0.15) is 34.8 Å². The normalized spacial score (nSPS) is 15.7. The highest BCUT2D eigenvalue weighted by Crippen LogP contribution is 2.30. The number of benzene rings is 2. The molecular formula is C23H19ClN2O3S. The number of thioether (sulfide) groups is 1. The van der Waals surface area contributed by atoms with E-state index in [1.165, 1.54) is 18.7 Å². The molecule has 5 nitrogen and oxygen atoms in total. The average molecular weight is 439 g/mol. The number of furan rings is 1. The Balaban J connectivity index is 1.66. The molecule has 0 N–H and O–H groups in total. The van der Waals surface area contributed by atoms with Crippen LogP contribution in [0.4, 0.5) is 5.69 Å². The maximum atomic E-state index is 13.4. The summed E-state index contributed by atoms with van der Waals surface area (Å²) in [6, 6.07) is 17.7. The lowest BCUT2D eigenvalue weighted by molar-refractivity contribution is 0.0976. The number of nitrogens with zero attached hydrogens (tertiary/aromatic N) is 2. The fraction of sp³-hybridized carbons (Fsp3) is 0.174. The summed E-state index contributed by atoms with van der Waals surface area (Å²) in [6.45, 7) is 3.54. The van der Waals surface area contributed by atoms with Crippen molar-refractivity contribution < 1.29 is 14.0 Å². The smallest absolute Gasteiger partial charge is 0.300 e. The Morgan fingerprint density at radius 1 is 1.07 bits per heavy atom. The summed E-state index contributed by atoms with van der Waals surface area (Å²) < 4.78 is 5.88. The molecular weight excluding hydrogens is 420 g/mol. The molecule has 1 atom stereocenters. The van der Waals surface area contributed by atoms with E-state index in [-0.39, 0.29) is 23.5 Å². The van der Waals surface area contributed by atoms with Crippen LogP contribution >= 0.6 is 23.4 Å². The van der Waals surface area contributed by atoms with Crippen molar-refractivity contribution in [3.63, 3.8) is 0 Å². The summed E-state index contributed by atoms with van der Waals surface area (Å²) >= 11 is 7.56. The van der Waals surface area contributed by atoms with Gasteiger partial charge in [0.1, 0.15) is 5.76 Å². The summed E-state index contributed by atoms with van der Waals surface area (Å²) in [5, 5.41) is 1.23. The van der Waals surface area contributed by atoms with Crippen LogP contribution < -0.4 is 4.90 Å². The van der Waals surface area contributed by atoms with E-state index in [4.69, 9.17) is 16.0 Å². The Morgan fingerprint density at radius 2 is 1.77 bits per heavy atom. The Kier molecular flexibility index (Phi) is 5.79. The number of aliphatic imine (C=N–C) groups is 1. The molecule has 0 saturated carbocycles. The number of amidine groups is 1. The maximum absolute atomic E-state index is 13.4. The number of rotatable bonds is 4. The number of Topliss-reactive ketones (excluding diaryl/α,β-unsaturated/α-hetero) is 1. The van der Waals surface area contributed by atoms with Gasteiger partial charge in [0.2, 0.25) is 0 Å². The van der Waals surface area contributed by atoms with Gasteiger partial charge < -0.3 is 4.42 Å². The number of carbonyl (C=O) groups is 2. The van der Waals surface area contributed by atoms with Crippen molar-refractivity contribution in [3.8, 4) is 11.3 Å². The SMILES string of the molecule is CC(=O)c1ccc(-c2ccc(C(=O)N(C3=N[C@@H](C)CS3)c3ccc(Cl)cc3)o2)cc1. The molecule has 1 amide bonds. The highest BCUT2D eigenvalue weighted by molar-refractivity contribution is 8.14. The van der Waals surface area contributed by atoms with Crippen molar-refractivity contribution in [3.05, 3.63) is 77.0 Å². The molecule has 0 saturated heterocycles. The molecule has 0 radical (unpaired) electrons. The minimum atomic E-state index is -0.302. The van der Waals surface area contributed by atoms with E-state index in [2.05, 4.69) is 4.99 Å². The molecule has 0 unspecified atom stereocenters. The van der Waals surface area contributed by atoms with Crippen LogP contribution in [0.15, 0.2) is 70.1 Å². The predicted molar refractivity (Wildman–Crippen MR) is 122 cm³/mol. The van der Waals surface area contributed by atoms with Gasteiger partial charge in [-0.15, -0.1) is 0 Å². The van der Waals surface area contributed by atoms with Gasteiger partial charge >= 0.3 is 0 Å². The van der Waals surface area contributed by atoms with E-state index < -0.39 is 0 Å². The standard InChI is InChI=1S/C23H19ClN2O3S/c1-14-13-30-23(25-14)26(19-9-7-18(24)8-10-19)22(28)21-12-11-20(29-21)17-5-3-16(4-6-17)15(2)27/h3-12,14H,13H2,1-2H3/t14-/m0/s1. The van der Waals surface area contributed by atoms with Gasteiger partial charge in [-0.3, -0.25) is 19.5 Å². The zero-order valence-corrected chi connectivity index (χ0v) is 18.0. The van der Waals surface area contributed by atoms with E-state index in [9.17, 15) is 9.59 Å². The van der Waals surface area contributed by atoms with E-state index in [1.54, 1.807) is 65.6 Å². The quantitative estimate of drug-likeness (QED) is 0.473. The molecule has 1 aliphatic rings. The monoisotopic (exact) mass is 438 g/mol. The van der Waals surface area contributed by atoms with E-state index in [0.717, 1.165) is 11.3 Å². The number of hydrogen-bond donors (Lipinski definition) is 0. The number of halogens is 1. The van der Waals surface area contributed by atoms with Crippen molar-refractivity contribution in [1.82, 2.24) is 0 Å². The summed E-state index contributed by atoms with van der Waals surface area (Å²) in [4.78, 5) is 31.0. The van der Waals surface area contributed by atoms with Crippen molar-refractivity contribution in [2.75, 3.05) is 10.7 Å². The zero-order chi connectivity index (χ0) is 21.3. The molecule has 30 heavy (non-hydrogen) atoms. The minimum absolute atomic E-state index is 0.000431. The summed E-state index contributed by atoms with van der Waals surface area (Å²) in [6.07, 6.45) is 0. The molecule has 2 heterocycles. The van der Waals surface area contributed by atoms with Gasteiger partial charge in [-0.05, 0) is 50.2 Å². The molecule has 2 aromatic carbocycles. The molecule has 1 aromatic heterocycles. The highest BCUT2D eigenvalue weighted by Gasteiger charge is 2.29. The topological polar surface area (TPSA) is 62.9 Å².